The summed E-state index contributed by atoms with van der Waals surface area (Å²) in [4.78, 5) is 12.5. The Kier molecular flexibility index (Phi) is 5.31. The molecule has 0 spiro atoms. The molecule has 2 N–H and O–H groups in total. The molecule has 3 aromatic rings. The van der Waals surface area contributed by atoms with Crippen LogP contribution in [0.25, 0.3) is 0 Å². The second-order valence-electron chi connectivity index (χ2n) is 6.11. The summed E-state index contributed by atoms with van der Waals surface area (Å²) < 4.78 is 15.0. The number of amides is 1. The molecule has 1 amide bonds. The Morgan fingerprint density at radius 1 is 1.19 bits per heavy atom. The molecule has 0 aliphatic heterocycles. The van der Waals surface area contributed by atoms with Crippen LogP contribution in [0.4, 0.5) is 4.39 Å². The van der Waals surface area contributed by atoms with Crippen LogP contribution >= 0.6 is 0 Å². The molecule has 0 saturated carbocycles. The van der Waals surface area contributed by atoms with Crippen LogP contribution in [0.5, 0.6) is 5.75 Å². The minimum atomic E-state index is -0.497. The lowest BCUT2D eigenvalue weighted by atomic mass is 10.1. The van der Waals surface area contributed by atoms with Crippen molar-refractivity contribution in [3.63, 3.8) is 0 Å². The standard InChI is InChI=1S/C20H20FN3O2/c1-24-19(11-14-5-3-2-4-6-14)18(13-23-24)20(26)22-8-7-15-9-16(21)12-17(25)10-15/h2-6,9-10,12-13,25H,7-8,11H2,1H3,(H,22,26). The van der Waals surface area contributed by atoms with Crippen LogP contribution in [-0.4, -0.2) is 27.3 Å². The molecule has 0 fully saturated rings. The van der Waals surface area contributed by atoms with Gasteiger partial charge in [-0.1, -0.05) is 30.3 Å². The van der Waals surface area contributed by atoms with Gasteiger partial charge in [0, 0.05) is 26.1 Å². The third-order valence-electron chi connectivity index (χ3n) is 4.16. The van der Waals surface area contributed by atoms with Gasteiger partial charge in [0.05, 0.1) is 17.5 Å². The summed E-state index contributed by atoms with van der Waals surface area (Å²) in [5, 5.41) is 16.4. The molecule has 2 aromatic carbocycles. The summed E-state index contributed by atoms with van der Waals surface area (Å²) >= 11 is 0. The second kappa shape index (κ2) is 7.82. The number of carbonyl (C=O) groups is 1. The number of hydrogen-bond acceptors (Lipinski definition) is 3. The molecule has 5 nitrogen and oxygen atoms in total. The topological polar surface area (TPSA) is 67.2 Å². The smallest absolute Gasteiger partial charge is 0.254 e. The number of hydrogen-bond donors (Lipinski definition) is 2. The molecule has 1 heterocycles. The third kappa shape index (κ3) is 4.27. The van der Waals surface area contributed by atoms with Crippen LogP contribution < -0.4 is 5.32 Å². The van der Waals surface area contributed by atoms with Gasteiger partial charge in [0.25, 0.3) is 5.91 Å². The van der Waals surface area contributed by atoms with Gasteiger partial charge in [-0.25, -0.2) is 4.39 Å². The number of carbonyl (C=O) groups excluding carboxylic acids is 1. The van der Waals surface area contributed by atoms with Crippen molar-refractivity contribution in [3.05, 3.63) is 82.9 Å². The number of benzene rings is 2. The van der Waals surface area contributed by atoms with Crippen LogP contribution in [-0.2, 0) is 19.9 Å². The number of aromatic nitrogens is 2. The number of nitrogens with one attached hydrogen (secondary N) is 1. The van der Waals surface area contributed by atoms with E-state index >= 15 is 0 Å². The van der Waals surface area contributed by atoms with E-state index in [0.717, 1.165) is 17.3 Å². The molecule has 0 unspecified atom stereocenters. The van der Waals surface area contributed by atoms with Gasteiger partial charge in [0.15, 0.2) is 0 Å². The SMILES string of the molecule is Cn1ncc(C(=O)NCCc2cc(O)cc(F)c2)c1Cc1ccccc1. The molecule has 0 saturated heterocycles. The van der Waals surface area contributed by atoms with E-state index < -0.39 is 5.82 Å². The van der Waals surface area contributed by atoms with Gasteiger partial charge in [-0.3, -0.25) is 9.48 Å². The minimum Gasteiger partial charge on any atom is -0.508 e. The fourth-order valence-electron chi connectivity index (χ4n) is 2.84. The highest BCUT2D eigenvalue weighted by atomic mass is 19.1. The van der Waals surface area contributed by atoms with Crippen LogP contribution in [0.3, 0.4) is 0 Å². The van der Waals surface area contributed by atoms with Crippen molar-refractivity contribution in [1.29, 1.82) is 0 Å². The van der Waals surface area contributed by atoms with Crippen LogP contribution in [0.15, 0.2) is 54.7 Å². The predicted octanol–water partition coefficient (Wildman–Crippen LogP) is 2.83. The number of nitrogens with zero attached hydrogens (tertiary/aromatic N) is 2. The largest absolute Gasteiger partial charge is 0.508 e. The van der Waals surface area contributed by atoms with Gasteiger partial charge in [-0.15, -0.1) is 0 Å². The highest BCUT2D eigenvalue weighted by Crippen LogP contribution is 2.16. The summed E-state index contributed by atoms with van der Waals surface area (Å²) in [6.07, 6.45) is 2.59. The van der Waals surface area contributed by atoms with Gasteiger partial charge in [-0.2, -0.15) is 5.10 Å². The number of aryl methyl sites for hydroxylation is 1. The molecule has 6 heteroatoms. The Balaban J connectivity index is 1.65. The normalized spacial score (nSPS) is 10.7. The second-order valence-corrected chi connectivity index (χ2v) is 6.11. The number of phenolic OH excluding ortho intramolecular Hbond substituents is 1. The molecule has 0 radical (unpaired) electrons. The summed E-state index contributed by atoms with van der Waals surface area (Å²) in [5.41, 5.74) is 3.08. The minimum absolute atomic E-state index is 0.122. The van der Waals surface area contributed by atoms with Gasteiger partial charge in [0.2, 0.25) is 0 Å². The fourth-order valence-corrected chi connectivity index (χ4v) is 2.84. The molecule has 134 valence electrons. The number of phenols is 1. The molecule has 0 bridgehead atoms. The Morgan fingerprint density at radius 3 is 2.69 bits per heavy atom. The maximum Gasteiger partial charge on any atom is 0.254 e. The average Bonchev–Trinajstić information content (AvgIpc) is 2.96. The van der Waals surface area contributed by atoms with Crippen molar-refractivity contribution in [1.82, 2.24) is 15.1 Å². The van der Waals surface area contributed by atoms with Crippen LogP contribution in [0.1, 0.15) is 27.2 Å². The molecular weight excluding hydrogens is 333 g/mol. The third-order valence-corrected chi connectivity index (χ3v) is 4.16. The van der Waals surface area contributed by atoms with Gasteiger partial charge >= 0.3 is 0 Å². The Hall–Kier alpha value is -3.15. The maximum atomic E-state index is 13.3. The first-order valence-electron chi connectivity index (χ1n) is 8.34. The Bertz CT molecular complexity index is 886. The van der Waals surface area contributed by atoms with Crippen molar-refractivity contribution >= 4 is 5.91 Å². The van der Waals surface area contributed by atoms with E-state index in [1.54, 1.807) is 10.9 Å². The lowest BCUT2D eigenvalue weighted by Gasteiger charge is -2.08. The zero-order valence-electron chi connectivity index (χ0n) is 14.4. The lowest BCUT2D eigenvalue weighted by Crippen LogP contribution is -2.26. The quantitative estimate of drug-likeness (QED) is 0.716. The average molecular weight is 353 g/mol. The van der Waals surface area contributed by atoms with E-state index in [1.165, 1.54) is 12.1 Å². The van der Waals surface area contributed by atoms with Crippen molar-refractivity contribution < 1.29 is 14.3 Å². The zero-order valence-corrected chi connectivity index (χ0v) is 14.4. The number of aromatic hydroxyl groups is 1. The zero-order chi connectivity index (χ0) is 18.5. The molecule has 3 rings (SSSR count). The van der Waals surface area contributed by atoms with Crippen molar-refractivity contribution in [2.75, 3.05) is 6.54 Å². The highest BCUT2D eigenvalue weighted by Gasteiger charge is 2.16. The molecule has 1 aromatic heterocycles. The summed E-state index contributed by atoms with van der Waals surface area (Å²) in [6.45, 7) is 0.335. The molecular formula is C20H20FN3O2. The van der Waals surface area contributed by atoms with E-state index in [4.69, 9.17) is 0 Å². The maximum absolute atomic E-state index is 13.3. The van der Waals surface area contributed by atoms with Crippen molar-refractivity contribution in [2.45, 2.75) is 12.8 Å². The fraction of sp³-hybridized carbons (Fsp3) is 0.200. The van der Waals surface area contributed by atoms with E-state index in [-0.39, 0.29) is 11.7 Å². The van der Waals surface area contributed by atoms with Crippen LogP contribution in [0.2, 0.25) is 0 Å². The summed E-state index contributed by atoms with van der Waals surface area (Å²) in [5.74, 6) is -0.836. The monoisotopic (exact) mass is 353 g/mol. The predicted molar refractivity (Wildman–Crippen MR) is 96.6 cm³/mol. The Labute approximate surface area is 151 Å². The van der Waals surface area contributed by atoms with Crippen LogP contribution in [0, 0.1) is 5.82 Å². The van der Waals surface area contributed by atoms with E-state index in [2.05, 4.69) is 10.4 Å². The number of halogens is 1. The lowest BCUT2D eigenvalue weighted by molar-refractivity contribution is 0.0953. The first-order chi connectivity index (χ1) is 12.5. The molecule has 0 aliphatic rings. The van der Waals surface area contributed by atoms with Gasteiger partial charge < -0.3 is 10.4 Å². The molecule has 0 atom stereocenters. The Morgan fingerprint density at radius 2 is 1.96 bits per heavy atom. The highest BCUT2D eigenvalue weighted by molar-refractivity contribution is 5.95. The van der Waals surface area contributed by atoms with Crippen molar-refractivity contribution in [2.24, 2.45) is 7.05 Å². The summed E-state index contributed by atoms with van der Waals surface area (Å²) in [6, 6.07) is 13.8. The van der Waals surface area contributed by atoms with E-state index in [9.17, 15) is 14.3 Å². The van der Waals surface area contributed by atoms with E-state index in [1.807, 2.05) is 37.4 Å². The van der Waals surface area contributed by atoms with Gasteiger partial charge in [0.1, 0.15) is 11.6 Å². The van der Waals surface area contributed by atoms with Crippen molar-refractivity contribution in [3.8, 4) is 5.75 Å². The first-order valence-corrected chi connectivity index (χ1v) is 8.34. The first kappa shape index (κ1) is 17.7. The molecule has 0 aliphatic carbocycles. The number of rotatable bonds is 6. The molecule has 26 heavy (non-hydrogen) atoms. The van der Waals surface area contributed by atoms with E-state index in [0.29, 0.717) is 30.5 Å². The summed E-state index contributed by atoms with van der Waals surface area (Å²) in [7, 11) is 1.81. The van der Waals surface area contributed by atoms with Gasteiger partial charge in [-0.05, 0) is 29.7 Å².